The van der Waals surface area contributed by atoms with Gasteiger partial charge in [0, 0.05) is 17.4 Å². The summed E-state index contributed by atoms with van der Waals surface area (Å²) in [6.45, 7) is 4.18. The zero-order chi connectivity index (χ0) is 14.1. The second kappa shape index (κ2) is 5.17. The van der Waals surface area contributed by atoms with E-state index in [1.165, 1.54) is 5.56 Å². The quantitative estimate of drug-likeness (QED) is 0.771. The van der Waals surface area contributed by atoms with Gasteiger partial charge in [-0.05, 0) is 38.2 Å². The van der Waals surface area contributed by atoms with Crippen molar-refractivity contribution in [1.29, 1.82) is 0 Å². The molecule has 0 bridgehead atoms. The van der Waals surface area contributed by atoms with Crippen molar-refractivity contribution in [2.75, 3.05) is 7.05 Å². The molecule has 0 radical (unpaired) electrons. The molecule has 0 spiro atoms. The van der Waals surface area contributed by atoms with Crippen molar-refractivity contribution in [3.05, 3.63) is 59.2 Å². The molecule has 3 aromatic rings. The molecule has 104 valence electrons. The van der Waals surface area contributed by atoms with Crippen LogP contribution in [0.25, 0.3) is 11.0 Å². The van der Waals surface area contributed by atoms with Gasteiger partial charge in [-0.15, -0.1) is 0 Å². The van der Waals surface area contributed by atoms with E-state index in [2.05, 4.69) is 37.4 Å². The standard InChI is InChI=1S/C17H19NO2/c1-4-14-13(7-8-19-14)17(18-3)16-10-12-9-11(2)5-6-15(12)20-16/h5-10,17-18H,4H2,1-3H3. The number of fused-ring (bicyclic) bond motifs is 1. The number of hydrogen-bond donors (Lipinski definition) is 1. The molecule has 0 aliphatic carbocycles. The Morgan fingerprint density at radius 2 is 2.05 bits per heavy atom. The van der Waals surface area contributed by atoms with Crippen LogP contribution in [0.5, 0.6) is 0 Å². The third-order valence-corrected chi connectivity index (χ3v) is 3.68. The van der Waals surface area contributed by atoms with Crippen LogP contribution in [0.2, 0.25) is 0 Å². The highest BCUT2D eigenvalue weighted by Crippen LogP contribution is 2.31. The first-order valence-electron chi connectivity index (χ1n) is 6.96. The minimum absolute atomic E-state index is 0.0245. The van der Waals surface area contributed by atoms with Gasteiger partial charge in [-0.3, -0.25) is 0 Å². The van der Waals surface area contributed by atoms with Crippen LogP contribution in [0, 0.1) is 6.92 Å². The Balaban J connectivity index is 2.07. The Morgan fingerprint density at radius 3 is 2.80 bits per heavy atom. The first-order valence-corrected chi connectivity index (χ1v) is 6.96. The van der Waals surface area contributed by atoms with Crippen LogP contribution in [-0.4, -0.2) is 7.05 Å². The lowest BCUT2D eigenvalue weighted by Crippen LogP contribution is -2.17. The molecular formula is C17H19NO2. The van der Waals surface area contributed by atoms with E-state index in [4.69, 9.17) is 8.83 Å². The lowest BCUT2D eigenvalue weighted by molar-refractivity contribution is 0.471. The predicted molar refractivity (Wildman–Crippen MR) is 79.9 cm³/mol. The summed E-state index contributed by atoms with van der Waals surface area (Å²) in [5, 5.41) is 4.46. The molecule has 2 heterocycles. The fourth-order valence-corrected chi connectivity index (χ4v) is 2.67. The van der Waals surface area contributed by atoms with Crippen LogP contribution in [-0.2, 0) is 6.42 Å². The van der Waals surface area contributed by atoms with Crippen molar-refractivity contribution in [2.45, 2.75) is 26.3 Å². The number of rotatable bonds is 4. The third kappa shape index (κ3) is 2.14. The predicted octanol–water partition coefficient (Wildman–Crippen LogP) is 4.21. The molecule has 0 fully saturated rings. The number of nitrogens with one attached hydrogen (secondary N) is 1. The Hall–Kier alpha value is -2.00. The minimum Gasteiger partial charge on any atom is -0.469 e. The summed E-state index contributed by atoms with van der Waals surface area (Å²) in [5.74, 6) is 1.92. The molecule has 3 heteroatoms. The van der Waals surface area contributed by atoms with E-state index >= 15 is 0 Å². The van der Waals surface area contributed by atoms with E-state index in [9.17, 15) is 0 Å². The van der Waals surface area contributed by atoms with E-state index in [1.54, 1.807) is 6.26 Å². The molecule has 0 aliphatic rings. The van der Waals surface area contributed by atoms with Gasteiger partial charge in [0.05, 0.1) is 12.3 Å². The number of furan rings is 2. The van der Waals surface area contributed by atoms with Gasteiger partial charge >= 0.3 is 0 Å². The average molecular weight is 269 g/mol. The SMILES string of the molecule is CCc1occc1C(NC)c1cc2cc(C)ccc2o1. The minimum atomic E-state index is 0.0245. The van der Waals surface area contributed by atoms with Crippen LogP contribution >= 0.6 is 0 Å². The molecule has 20 heavy (non-hydrogen) atoms. The fourth-order valence-electron chi connectivity index (χ4n) is 2.67. The maximum Gasteiger partial charge on any atom is 0.134 e. The topological polar surface area (TPSA) is 38.3 Å². The van der Waals surface area contributed by atoms with Gasteiger partial charge < -0.3 is 14.2 Å². The van der Waals surface area contributed by atoms with Crippen molar-refractivity contribution in [2.24, 2.45) is 0 Å². The van der Waals surface area contributed by atoms with Crippen LogP contribution in [0.3, 0.4) is 0 Å². The Bertz CT molecular complexity index is 724. The fraction of sp³-hybridized carbons (Fsp3) is 0.294. The van der Waals surface area contributed by atoms with Gasteiger partial charge in [0.25, 0.3) is 0 Å². The molecule has 0 saturated carbocycles. The molecule has 1 unspecified atom stereocenters. The van der Waals surface area contributed by atoms with E-state index in [0.717, 1.165) is 34.5 Å². The highest BCUT2D eigenvalue weighted by molar-refractivity contribution is 5.79. The average Bonchev–Trinajstić information content (AvgIpc) is 3.05. The van der Waals surface area contributed by atoms with E-state index in [0.29, 0.717) is 0 Å². The molecule has 0 saturated heterocycles. The number of benzene rings is 1. The molecular weight excluding hydrogens is 250 g/mol. The molecule has 2 aromatic heterocycles. The van der Waals surface area contributed by atoms with Crippen molar-refractivity contribution in [3.8, 4) is 0 Å². The Morgan fingerprint density at radius 1 is 1.20 bits per heavy atom. The highest BCUT2D eigenvalue weighted by Gasteiger charge is 2.21. The monoisotopic (exact) mass is 269 g/mol. The Kier molecular flexibility index (Phi) is 3.36. The lowest BCUT2D eigenvalue weighted by atomic mass is 10.0. The summed E-state index contributed by atoms with van der Waals surface area (Å²) in [6.07, 6.45) is 2.62. The third-order valence-electron chi connectivity index (χ3n) is 3.68. The first-order chi connectivity index (χ1) is 9.72. The van der Waals surface area contributed by atoms with Gasteiger partial charge in [-0.1, -0.05) is 18.6 Å². The molecule has 1 aromatic carbocycles. The Labute approximate surface area is 118 Å². The second-order valence-corrected chi connectivity index (χ2v) is 5.06. The zero-order valence-corrected chi connectivity index (χ0v) is 12.1. The van der Waals surface area contributed by atoms with Gasteiger partial charge in [0.2, 0.25) is 0 Å². The first kappa shape index (κ1) is 13.0. The maximum atomic E-state index is 6.00. The second-order valence-electron chi connectivity index (χ2n) is 5.06. The van der Waals surface area contributed by atoms with E-state index < -0.39 is 0 Å². The van der Waals surface area contributed by atoms with Gasteiger partial charge in [-0.2, -0.15) is 0 Å². The molecule has 3 rings (SSSR count). The summed E-state index contributed by atoms with van der Waals surface area (Å²) >= 11 is 0. The van der Waals surface area contributed by atoms with Crippen molar-refractivity contribution in [1.82, 2.24) is 5.32 Å². The van der Waals surface area contributed by atoms with Crippen LogP contribution in [0.4, 0.5) is 0 Å². The van der Waals surface area contributed by atoms with E-state index in [1.807, 2.05) is 19.2 Å². The number of aryl methyl sites for hydroxylation is 2. The summed E-state index contributed by atoms with van der Waals surface area (Å²) < 4.78 is 11.5. The van der Waals surface area contributed by atoms with Crippen molar-refractivity contribution >= 4 is 11.0 Å². The van der Waals surface area contributed by atoms with Crippen molar-refractivity contribution < 1.29 is 8.83 Å². The molecule has 1 atom stereocenters. The van der Waals surface area contributed by atoms with Crippen molar-refractivity contribution in [3.63, 3.8) is 0 Å². The number of hydrogen-bond acceptors (Lipinski definition) is 3. The summed E-state index contributed by atoms with van der Waals surface area (Å²) in [7, 11) is 1.94. The lowest BCUT2D eigenvalue weighted by Gasteiger charge is -2.13. The van der Waals surface area contributed by atoms with Gasteiger partial charge in [-0.25, -0.2) is 0 Å². The van der Waals surface area contributed by atoms with Crippen LogP contribution in [0.15, 0.2) is 45.4 Å². The largest absolute Gasteiger partial charge is 0.469 e. The zero-order valence-electron chi connectivity index (χ0n) is 12.1. The maximum absolute atomic E-state index is 6.00. The molecule has 0 aliphatic heterocycles. The molecule has 1 N–H and O–H groups in total. The van der Waals surface area contributed by atoms with Crippen LogP contribution < -0.4 is 5.32 Å². The molecule has 3 nitrogen and oxygen atoms in total. The summed E-state index contributed by atoms with van der Waals surface area (Å²) in [6, 6.07) is 10.4. The molecule has 0 amide bonds. The summed E-state index contributed by atoms with van der Waals surface area (Å²) in [5.41, 5.74) is 3.31. The van der Waals surface area contributed by atoms with Gasteiger partial charge in [0.1, 0.15) is 17.1 Å². The van der Waals surface area contributed by atoms with E-state index in [-0.39, 0.29) is 6.04 Å². The normalized spacial score (nSPS) is 12.9. The summed E-state index contributed by atoms with van der Waals surface area (Å²) in [4.78, 5) is 0. The highest BCUT2D eigenvalue weighted by atomic mass is 16.3. The van der Waals surface area contributed by atoms with Gasteiger partial charge in [0.15, 0.2) is 0 Å². The van der Waals surface area contributed by atoms with Crippen LogP contribution in [0.1, 0.15) is 35.6 Å². The smallest absolute Gasteiger partial charge is 0.134 e.